The number of esters is 1. The molecule has 2 aliphatic heterocycles. The molecule has 6 heteroatoms. The molecule has 3 rings (SSSR count). The molecule has 0 aromatic heterocycles. The van der Waals surface area contributed by atoms with Crippen molar-refractivity contribution >= 4 is 5.97 Å². The molecule has 1 aromatic carbocycles. The molecule has 6 nitrogen and oxygen atoms in total. The lowest BCUT2D eigenvalue weighted by Gasteiger charge is -2.47. The number of rotatable bonds is 7. The van der Waals surface area contributed by atoms with E-state index in [1.54, 1.807) is 0 Å². The van der Waals surface area contributed by atoms with Gasteiger partial charge in [0.15, 0.2) is 11.5 Å². The zero-order valence-electron chi connectivity index (χ0n) is 28.9. The molecule has 168 valence electrons. The van der Waals surface area contributed by atoms with E-state index in [0.717, 1.165) is 0 Å². The van der Waals surface area contributed by atoms with Crippen LogP contribution in [0.4, 0.5) is 0 Å². The molecule has 30 heavy (non-hydrogen) atoms. The second-order valence-electron chi connectivity index (χ2n) is 8.14. The Balaban J connectivity index is 2.12. The monoisotopic (exact) mass is 429 g/mol. The van der Waals surface area contributed by atoms with Crippen molar-refractivity contribution in [3.05, 3.63) is 23.2 Å². The van der Waals surface area contributed by atoms with Gasteiger partial charge in [0, 0.05) is 41.1 Å². The minimum Gasteiger partial charge on any atom is -0.493 e. The van der Waals surface area contributed by atoms with E-state index in [1.165, 1.54) is 14.2 Å². The predicted octanol–water partition coefficient (Wildman–Crippen LogP) is 3.56. The maximum Gasteiger partial charge on any atom is 0.323 e. The molecule has 3 unspecified atom stereocenters. The highest BCUT2D eigenvalue weighted by Gasteiger charge is 2.41. The number of nitrogens with two attached hydrogens (primary N) is 1. The van der Waals surface area contributed by atoms with E-state index in [4.69, 9.17) is 33.7 Å². The standard InChI is InChI=1S/C24H38N2O4/c1-14(2)9-17-13-26-8-7-16-10-21(28-5)22(29-6)11-18(16)19(26)12-20(17)30-24(27)23(25)15(3)4/h10-11,14-15,17,19-20,23H,7-9,12-13,25H2,1-6H3/t17?,19?,20?,23-/m0/s1/i3D3,4D3,10D,11D,15D,20D,23D. The lowest BCUT2D eigenvalue weighted by atomic mass is 9.79. The maximum absolute atomic E-state index is 13.4. The van der Waals surface area contributed by atoms with Crippen LogP contribution in [-0.4, -0.2) is 50.3 Å². The quantitative estimate of drug-likeness (QED) is 0.668. The summed E-state index contributed by atoms with van der Waals surface area (Å²) < 4.78 is 106. The summed E-state index contributed by atoms with van der Waals surface area (Å²) in [6, 6.07) is -4.31. The van der Waals surface area contributed by atoms with Gasteiger partial charge in [-0.25, -0.2) is 0 Å². The Hall–Kier alpha value is -1.79. The number of carbonyl (C=O) groups is 1. The number of ether oxygens (including phenoxy) is 3. The third kappa shape index (κ3) is 4.75. The molecule has 0 saturated carbocycles. The first-order valence-electron chi connectivity index (χ1n) is 15.6. The Morgan fingerprint density at radius 1 is 1.37 bits per heavy atom. The minimum atomic E-state index is -3.76. The third-order valence-electron chi connectivity index (χ3n) is 5.65. The van der Waals surface area contributed by atoms with Crippen LogP contribution >= 0.6 is 0 Å². The predicted molar refractivity (Wildman–Crippen MR) is 118 cm³/mol. The second kappa shape index (κ2) is 9.56. The summed E-state index contributed by atoms with van der Waals surface area (Å²) in [5.41, 5.74) is 6.69. The van der Waals surface area contributed by atoms with Gasteiger partial charge in [0.05, 0.1) is 19.7 Å². The number of benzene rings is 1. The van der Waals surface area contributed by atoms with Crippen LogP contribution in [-0.2, 0) is 16.0 Å². The molecule has 2 aliphatic rings. The van der Waals surface area contributed by atoms with Gasteiger partial charge in [0.1, 0.15) is 12.1 Å². The van der Waals surface area contributed by atoms with E-state index in [9.17, 15) is 6.17 Å². The van der Waals surface area contributed by atoms with Crippen molar-refractivity contribution in [1.82, 2.24) is 4.90 Å². The molecule has 0 radical (unpaired) electrons. The zero-order valence-corrected chi connectivity index (χ0v) is 17.9. The highest BCUT2D eigenvalue weighted by Crippen LogP contribution is 2.44. The normalized spacial score (nSPS) is 34.9. The fraction of sp³-hybridized carbons (Fsp3) is 0.708. The number of hydrogen-bond acceptors (Lipinski definition) is 6. The van der Waals surface area contributed by atoms with Crippen LogP contribution in [0.15, 0.2) is 12.1 Å². The Morgan fingerprint density at radius 3 is 2.70 bits per heavy atom. The van der Waals surface area contributed by atoms with Crippen molar-refractivity contribution in [3.8, 4) is 11.5 Å². The fourth-order valence-corrected chi connectivity index (χ4v) is 4.25. The van der Waals surface area contributed by atoms with Crippen LogP contribution in [0, 0.1) is 17.7 Å². The molecule has 2 N–H and O–H groups in total. The average Bonchev–Trinajstić information content (AvgIpc) is 2.83. The van der Waals surface area contributed by atoms with Gasteiger partial charge in [-0.3, -0.25) is 9.69 Å². The van der Waals surface area contributed by atoms with Gasteiger partial charge in [-0.1, -0.05) is 27.6 Å². The molecule has 0 bridgehead atoms. The van der Waals surface area contributed by atoms with Crippen LogP contribution in [0.2, 0.25) is 0 Å². The van der Waals surface area contributed by atoms with Crippen LogP contribution in [0.25, 0.3) is 0 Å². The second-order valence-corrected chi connectivity index (χ2v) is 8.14. The molecule has 0 spiro atoms. The highest BCUT2D eigenvalue weighted by atomic mass is 16.5. The van der Waals surface area contributed by atoms with Gasteiger partial charge in [-0.2, -0.15) is 0 Å². The van der Waals surface area contributed by atoms with Crippen molar-refractivity contribution in [2.24, 2.45) is 23.5 Å². The summed E-state index contributed by atoms with van der Waals surface area (Å²) in [5.74, 6) is -6.06. The van der Waals surface area contributed by atoms with Crippen molar-refractivity contribution in [2.45, 2.75) is 65.0 Å². The van der Waals surface area contributed by atoms with E-state index >= 15 is 0 Å². The molecular formula is C24H38N2O4. The number of carbonyl (C=O) groups excluding carboxylic acids is 1. The first-order chi connectivity index (χ1) is 18.6. The van der Waals surface area contributed by atoms with E-state index in [2.05, 4.69) is 0 Å². The summed E-state index contributed by atoms with van der Waals surface area (Å²) >= 11 is 0. The summed E-state index contributed by atoms with van der Waals surface area (Å²) in [6.45, 7) is -2.84. The molecule has 1 aromatic rings. The smallest absolute Gasteiger partial charge is 0.323 e. The Kier molecular flexibility index (Phi) is 3.92. The van der Waals surface area contributed by atoms with Gasteiger partial charge < -0.3 is 19.9 Å². The molecule has 2 heterocycles. The van der Waals surface area contributed by atoms with Crippen molar-refractivity contribution in [1.29, 1.82) is 0 Å². The minimum absolute atomic E-state index is 0.0339. The molecular weight excluding hydrogens is 380 g/mol. The topological polar surface area (TPSA) is 74.0 Å². The Labute approximate surface area is 196 Å². The van der Waals surface area contributed by atoms with Gasteiger partial charge >= 0.3 is 5.97 Å². The maximum atomic E-state index is 13.4. The highest BCUT2D eigenvalue weighted by molar-refractivity contribution is 5.76. The van der Waals surface area contributed by atoms with E-state index in [-0.39, 0.29) is 42.5 Å². The van der Waals surface area contributed by atoms with Gasteiger partial charge in [0.2, 0.25) is 0 Å². The van der Waals surface area contributed by atoms with Gasteiger partial charge in [0.25, 0.3) is 0 Å². The van der Waals surface area contributed by atoms with Crippen LogP contribution in [0.5, 0.6) is 11.5 Å². The van der Waals surface area contributed by atoms with Crippen molar-refractivity contribution < 1.29 is 34.1 Å². The average molecular weight is 430 g/mol. The fourth-order valence-electron chi connectivity index (χ4n) is 4.25. The lowest BCUT2D eigenvalue weighted by Crippen LogP contribution is -2.51. The number of fused-ring (bicyclic) bond motifs is 3. The summed E-state index contributed by atoms with van der Waals surface area (Å²) in [5, 5.41) is 0. The SMILES string of the molecule is [2H]c1c2c(c([2H])c(OC)c1OC)C1CC([2H])(OC(=O)[C@@]([2H])(N)C([2H])(C([2H])([2H])[2H])C([2H])([2H])[2H])C(CC(C)C)CN1CC2. The van der Waals surface area contributed by atoms with Gasteiger partial charge in [-0.15, -0.1) is 0 Å². The van der Waals surface area contributed by atoms with Crippen molar-refractivity contribution in [2.75, 3.05) is 27.3 Å². The van der Waals surface area contributed by atoms with Gasteiger partial charge in [-0.05, 0) is 47.9 Å². The largest absolute Gasteiger partial charge is 0.493 e. The first-order valence-corrected chi connectivity index (χ1v) is 10.1. The molecule has 0 amide bonds. The van der Waals surface area contributed by atoms with Crippen LogP contribution < -0.4 is 15.2 Å². The number of nitrogens with zero attached hydrogens (tertiary/aromatic N) is 1. The van der Waals surface area contributed by atoms with Crippen molar-refractivity contribution in [3.63, 3.8) is 0 Å². The third-order valence-corrected chi connectivity index (χ3v) is 5.65. The van der Waals surface area contributed by atoms with Crippen LogP contribution in [0.1, 0.15) is 72.6 Å². The molecule has 4 atom stereocenters. The van der Waals surface area contributed by atoms with E-state index < -0.39 is 49.6 Å². The zero-order chi connectivity index (χ0) is 31.5. The number of piperidine rings is 1. The Bertz CT molecular complexity index is 1160. The summed E-state index contributed by atoms with van der Waals surface area (Å²) in [4.78, 5) is 15.5. The summed E-state index contributed by atoms with van der Waals surface area (Å²) in [7, 11) is 2.71. The number of methoxy groups -OCH3 is 2. The van der Waals surface area contributed by atoms with E-state index in [1.807, 2.05) is 18.7 Å². The lowest BCUT2D eigenvalue weighted by molar-refractivity contribution is -0.160. The Morgan fingerprint density at radius 2 is 2.07 bits per heavy atom. The van der Waals surface area contributed by atoms with Crippen LogP contribution in [0.3, 0.4) is 0 Å². The number of hydrogen-bond donors (Lipinski definition) is 1. The molecule has 1 saturated heterocycles. The summed E-state index contributed by atoms with van der Waals surface area (Å²) in [6.07, 6.45) is -1.56. The van der Waals surface area contributed by atoms with E-state index in [0.29, 0.717) is 30.5 Å². The molecule has 0 aliphatic carbocycles. The first kappa shape index (κ1) is 12.3. The molecule has 1 fully saturated rings.